The van der Waals surface area contributed by atoms with Gasteiger partial charge in [-0.3, -0.25) is 24.3 Å². The lowest BCUT2D eigenvalue weighted by molar-refractivity contribution is -0.150. The molecule has 9 rings (SSSR count). The van der Waals surface area contributed by atoms with Crippen LogP contribution in [-0.4, -0.2) is 92.6 Å². The molecule has 1 N–H and O–H groups in total. The number of rotatable bonds is 11. The van der Waals surface area contributed by atoms with Gasteiger partial charge in [-0.05, 0) is 72.0 Å². The van der Waals surface area contributed by atoms with Gasteiger partial charge in [0, 0.05) is 90.4 Å². The van der Waals surface area contributed by atoms with Crippen molar-refractivity contribution in [1.82, 2.24) is 29.7 Å². The third-order valence-electron chi connectivity index (χ3n) is 10.6. The number of hydrogen-bond donors (Lipinski definition) is 1. The molecule has 1 saturated heterocycles. The summed E-state index contributed by atoms with van der Waals surface area (Å²) in [5.41, 5.74) is 6.17. The predicted molar refractivity (Wildman–Crippen MR) is 209 cm³/mol. The smallest absolute Gasteiger partial charge is 0.255 e. The van der Waals surface area contributed by atoms with Gasteiger partial charge in [0.05, 0.1) is 12.8 Å². The molecule has 6 heterocycles. The van der Waals surface area contributed by atoms with E-state index < -0.39 is 6.04 Å². The van der Waals surface area contributed by atoms with Crippen LogP contribution in [0.5, 0.6) is 17.4 Å². The van der Waals surface area contributed by atoms with E-state index >= 15 is 0 Å². The molecule has 2 aromatic carbocycles. The zero-order valence-corrected chi connectivity index (χ0v) is 31.1. The van der Waals surface area contributed by atoms with Crippen molar-refractivity contribution >= 4 is 39.5 Å². The van der Waals surface area contributed by atoms with E-state index in [4.69, 9.17) is 18.9 Å². The Morgan fingerprint density at radius 1 is 0.825 bits per heavy atom. The number of hydrogen-bond acceptors (Lipinski definition) is 10. The zero-order chi connectivity index (χ0) is 38.9. The minimum absolute atomic E-state index is 0.0369. The first kappa shape index (κ1) is 35.9. The van der Waals surface area contributed by atoms with E-state index in [2.05, 4.69) is 50.0 Å². The van der Waals surface area contributed by atoms with Crippen molar-refractivity contribution in [3.05, 3.63) is 108 Å². The monoisotopic (exact) mass is 762 g/mol. The first-order valence-electron chi connectivity index (χ1n) is 18.9. The molecular formula is C44H38N6O7. The molecule has 2 fully saturated rings. The number of nitrogens with zero attached hydrogens (tertiary/aromatic N) is 5. The van der Waals surface area contributed by atoms with Crippen LogP contribution in [0.4, 0.5) is 0 Å². The highest BCUT2D eigenvalue weighted by Crippen LogP contribution is 2.33. The molecule has 13 nitrogen and oxygen atoms in total. The van der Waals surface area contributed by atoms with Gasteiger partial charge in [0.1, 0.15) is 48.7 Å². The van der Waals surface area contributed by atoms with Crippen molar-refractivity contribution in [1.29, 1.82) is 0 Å². The highest BCUT2D eigenvalue weighted by molar-refractivity contribution is 6.08. The Labute approximate surface area is 327 Å². The van der Waals surface area contributed by atoms with Crippen molar-refractivity contribution in [3.8, 4) is 40.3 Å². The molecule has 1 saturated carbocycles. The number of aromatic amines is 1. The van der Waals surface area contributed by atoms with Crippen LogP contribution in [-0.2, 0) is 20.9 Å². The van der Waals surface area contributed by atoms with Crippen LogP contribution in [0.1, 0.15) is 47.3 Å². The van der Waals surface area contributed by atoms with Crippen molar-refractivity contribution in [2.45, 2.75) is 50.5 Å². The van der Waals surface area contributed by atoms with Gasteiger partial charge in [-0.2, -0.15) is 0 Å². The van der Waals surface area contributed by atoms with Crippen LogP contribution in [0.3, 0.4) is 0 Å². The molecular weight excluding hydrogens is 725 g/mol. The molecule has 286 valence electrons. The Balaban J connectivity index is 0.673. The average Bonchev–Trinajstić information content (AvgIpc) is 3.76. The molecule has 2 aliphatic heterocycles. The summed E-state index contributed by atoms with van der Waals surface area (Å²) >= 11 is 0. The number of H-pyrrole nitrogens is 1. The quantitative estimate of drug-likeness (QED) is 0.0989. The molecule has 6 aromatic rings. The van der Waals surface area contributed by atoms with Crippen molar-refractivity contribution in [2.24, 2.45) is 0 Å². The Hall–Kier alpha value is -6.78. The Morgan fingerprint density at radius 3 is 2.53 bits per heavy atom. The fourth-order valence-electron chi connectivity index (χ4n) is 7.46. The molecule has 0 spiro atoms. The zero-order valence-electron chi connectivity index (χ0n) is 31.1. The third kappa shape index (κ3) is 7.47. The number of carbonyl (C=O) groups is 3. The van der Waals surface area contributed by atoms with E-state index in [1.54, 1.807) is 29.4 Å². The van der Waals surface area contributed by atoms with Gasteiger partial charge in [0.2, 0.25) is 11.8 Å². The molecule has 3 aliphatic rings. The lowest BCUT2D eigenvalue weighted by Crippen LogP contribution is -2.53. The minimum Gasteiger partial charge on any atom is -0.491 e. The number of amides is 3. The summed E-state index contributed by atoms with van der Waals surface area (Å²) in [7, 11) is 1.46. The van der Waals surface area contributed by atoms with Gasteiger partial charge >= 0.3 is 0 Å². The molecule has 0 bridgehead atoms. The lowest BCUT2D eigenvalue weighted by atomic mass is 9.92. The number of aromatic nitrogens is 4. The molecule has 57 heavy (non-hydrogen) atoms. The summed E-state index contributed by atoms with van der Waals surface area (Å²) in [6.45, 7) is 1.13. The molecule has 4 aromatic heterocycles. The van der Waals surface area contributed by atoms with Crippen LogP contribution in [0, 0.1) is 11.8 Å². The largest absolute Gasteiger partial charge is 0.491 e. The van der Waals surface area contributed by atoms with E-state index in [9.17, 15) is 14.4 Å². The maximum absolute atomic E-state index is 13.0. The second-order valence-corrected chi connectivity index (χ2v) is 14.3. The van der Waals surface area contributed by atoms with E-state index in [0.717, 1.165) is 56.2 Å². The number of benzene rings is 2. The van der Waals surface area contributed by atoms with Gasteiger partial charge < -0.3 is 28.8 Å². The topological polar surface area (TPSA) is 149 Å². The van der Waals surface area contributed by atoms with Gasteiger partial charge in [-0.1, -0.05) is 18.1 Å². The number of nitrogens with one attached hydrogen (secondary N) is 1. The van der Waals surface area contributed by atoms with Crippen LogP contribution < -0.4 is 14.2 Å². The molecule has 1 unspecified atom stereocenters. The predicted octanol–water partition coefficient (Wildman–Crippen LogP) is 5.71. The van der Waals surface area contributed by atoms with Gasteiger partial charge in [0.15, 0.2) is 0 Å². The van der Waals surface area contributed by atoms with Gasteiger partial charge in [-0.15, -0.1) is 0 Å². The van der Waals surface area contributed by atoms with Crippen LogP contribution >= 0.6 is 0 Å². The van der Waals surface area contributed by atoms with E-state index in [1.165, 1.54) is 7.05 Å². The highest BCUT2D eigenvalue weighted by Gasteiger charge is 2.41. The maximum atomic E-state index is 13.0. The molecule has 0 radical (unpaired) electrons. The second-order valence-electron chi connectivity index (χ2n) is 14.3. The summed E-state index contributed by atoms with van der Waals surface area (Å²) in [4.78, 5) is 56.8. The van der Waals surface area contributed by atoms with E-state index in [-0.39, 0.29) is 43.0 Å². The standard InChI is InChI=1S/C44H38N6O7/c1-49-42(51)13-11-40(44(49)53)50-26-29-19-31(8-10-35(29)43(50)52)55-18-17-54-16-2-3-30-6-7-32(24-46-30)56-33-21-34(22-33)57-41-12-5-28(23-47-41)27-4-9-36-37-25-45-15-14-38(37)48-39(36)20-27/h4-10,12,14-15,19-20,23-25,33-34,40,48H,11,13,16-18,21-22,26H2,1H3/t33-,34-,40?. The molecule has 1 aliphatic carbocycles. The van der Waals surface area contributed by atoms with Crippen molar-refractivity contribution < 1.29 is 33.3 Å². The molecule has 13 heteroatoms. The number of likely N-dealkylation sites (tertiary alicyclic amines) is 1. The molecule has 1 atom stereocenters. The van der Waals surface area contributed by atoms with E-state index in [1.807, 2.05) is 48.8 Å². The third-order valence-corrected chi connectivity index (χ3v) is 10.6. The number of fused-ring (bicyclic) bond motifs is 4. The number of carbonyl (C=O) groups excluding carboxylic acids is 3. The van der Waals surface area contributed by atoms with E-state index in [0.29, 0.717) is 54.8 Å². The summed E-state index contributed by atoms with van der Waals surface area (Å²) in [5.74, 6) is 7.07. The number of pyridine rings is 3. The Morgan fingerprint density at radius 2 is 1.68 bits per heavy atom. The second kappa shape index (κ2) is 15.4. The first-order valence-corrected chi connectivity index (χ1v) is 18.9. The summed E-state index contributed by atoms with van der Waals surface area (Å²) < 4.78 is 23.6. The summed E-state index contributed by atoms with van der Waals surface area (Å²) in [5, 5.41) is 2.26. The highest BCUT2D eigenvalue weighted by atomic mass is 16.5. The number of ether oxygens (including phenoxy) is 4. The SMILES string of the molecule is CN1C(=O)CCC(N2Cc3cc(OCCOCC#Cc4ccc(O[C@H]5C[C@H](Oc6ccc(-c7ccc8c(c7)[nH]c7ccncc78)cn6)C5)cn4)ccc3C2=O)C1=O. The number of piperidine rings is 1. The average molecular weight is 763 g/mol. The first-order chi connectivity index (χ1) is 27.9. The fourth-order valence-corrected chi connectivity index (χ4v) is 7.46. The lowest BCUT2D eigenvalue weighted by Gasteiger charge is -2.34. The Kier molecular flexibility index (Phi) is 9.69. The minimum atomic E-state index is -0.636. The van der Waals surface area contributed by atoms with Crippen molar-refractivity contribution in [3.63, 3.8) is 0 Å². The van der Waals surface area contributed by atoms with Gasteiger partial charge in [0.25, 0.3) is 11.8 Å². The van der Waals surface area contributed by atoms with Crippen molar-refractivity contribution in [2.75, 3.05) is 26.9 Å². The summed E-state index contributed by atoms with van der Waals surface area (Å²) in [6, 6.07) is 20.6. The maximum Gasteiger partial charge on any atom is 0.255 e. The normalized spacial score (nSPS) is 19.0. The number of imide groups is 1. The van der Waals surface area contributed by atoms with Crippen LogP contribution in [0.2, 0.25) is 0 Å². The van der Waals surface area contributed by atoms with Gasteiger partial charge in [-0.25, -0.2) is 9.97 Å². The fraction of sp³-hybridized carbons (Fsp3) is 0.273. The van der Waals surface area contributed by atoms with Crippen LogP contribution in [0.15, 0.2) is 91.5 Å². The number of likely N-dealkylation sites (N-methyl/N-ethyl adjacent to an activating group) is 1. The Bertz CT molecular complexity index is 2550. The van der Waals surface area contributed by atoms with Crippen LogP contribution in [0.25, 0.3) is 32.9 Å². The summed E-state index contributed by atoms with van der Waals surface area (Å²) in [6.07, 6.45) is 9.36. The molecule has 3 amide bonds.